The van der Waals surface area contributed by atoms with E-state index in [2.05, 4.69) is 4.98 Å². The van der Waals surface area contributed by atoms with Gasteiger partial charge < -0.3 is 10.5 Å². The molecule has 0 unspecified atom stereocenters. The molecular formula is C13H11N3O. The van der Waals surface area contributed by atoms with Crippen molar-refractivity contribution in [1.82, 2.24) is 4.98 Å². The number of aromatic nitrogens is 1. The van der Waals surface area contributed by atoms with Crippen LogP contribution in [0.5, 0.6) is 5.75 Å². The topological polar surface area (TPSA) is 71.9 Å². The normalized spacial score (nSPS) is 9.59. The monoisotopic (exact) mass is 225 g/mol. The lowest BCUT2D eigenvalue weighted by Gasteiger charge is -2.07. The van der Waals surface area contributed by atoms with Gasteiger partial charge in [-0.3, -0.25) is 4.98 Å². The molecule has 0 atom stereocenters. The Hall–Kier alpha value is -2.54. The van der Waals surface area contributed by atoms with Gasteiger partial charge in [-0.1, -0.05) is 6.07 Å². The van der Waals surface area contributed by atoms with Crippen LogP contribution < -0.4 is 10.5 Å². The van der Waals surface area contributed by atoms with Gasteiger partial charge in [0.25, 0.3) is 0 Å². The second kappa shape index (κ2) is 4.99. The molecule has 0 aliphatic rings. The highest BCUT2D eigenvalue weighted by molar-refractivity contribution is 5.53. The van der Waals surface area contributed by atoms with E-state index < -0.39 is 0 Å². The average Bonchev–Trinajstić information content (AvgIpc) is 2.38. The zero-order valence-electron chi connectivity index (χ0n) is 9.13. The van der Waals surface area contributed by atoms with Gasteiger partial charge in [-0.25, -0.2) is 0 Å². The van der Waals surface area contributed by atoms with Crippen LogP contribution in [-0.2, 0) is 6.61 Å². The predicted octanol–water partition coefficient (Wildman–Crippen LogP) is 2.11. The molecule has 4 nitrogen and oxygen atoms in total. The van der Waals surface area contributed by atoms with Crippen molar-refractivity contribution in [1.29, 1.82) is 5.26 Å². The average molecular weight is 225 g/mol. The summed E-state index contributed by atoms with van der Waals surface area (Å²) >= 11 is 0. The fraction of sp³-hybridized carbons (Fsp3) is 0.0769. The minimum Gasteiger partial charge on any atom is -0.486 e. The Bertz CT molecular complexity index is 546. The van der Waals surface area contributed by atoms with E-state index in [1.54, 1.807) is 24.4 Å². The Morgan fingerprint density at radius 3 is 2.88 bits per heavy atom. The first-order valence-electron chi connectivity index (χ1n) is 5.12. The van der Waals surface area contributed by atoms with Crippen LogP contribution in [0.15, 0.2) is 42.6 Å². The zero-order valence-corrected chi connectivity index (χ0v) is 9.13. The lowest BCUT2D eigenvalue weighted by Crippen LogP contribution is -1.99. The Labute approximate surface area is 99.3 Å². The van der Waals surface area contributed by atoms with Gasteiger partial charge in [-0.05, 0) is 30.3 Å². The van der Waals surface area contributed by atoms with E-state index in [4.69, 9.17) is 15.7 Å². The van der Waals surface area contributed by atoms with Crippen molar-refractivity contribution in [3.8, 4) is 11.8 Å². The van der Waals surface area contributed by atoms with Crippen molar-refractivity contribution >= 4 is 5.69 Å². The molecule has 1 aromatic carbocycles. The molecule has 0 aliphatic carbocycles. The smallest absolute Gasteiger partial charge is 0.137 e. The number of nitrogens with two attached hydrogens (primary N) is 1. The first kappa shape index (κ1) is 11.0. The van der Waals surface area contributed by atoms with Crippen LogP contribution >= 0.6 is 0 Å². The summed E-state index contributed by atoms with van der Waals surface area (Å²) in [4.78, 5) is 4.13. The van der Waals surface area contributed by atoms with Gasteiger partial charge in [-0.15, -0.1) is 0 Å². The van der Waals surface area contributed by atoms with Crippen LogP contribution in [-0.4, -0.2) is 4.98 Å². The SMILES string of the molecule is N#Cc1cc(N)ccc1OCc1ccccn1. The summed E-state index contributed by atoms with van der Waals surface area (Å²) in [7, 11) is 0. The molecule has 2 rings (SSSR count). The molecule has 0 amide bonds. The van der Waals surface area contributed by atoms with Gasteiger partial charge in [0, 0.05) is 11.9 Å². The van der Waals surface area contributed by atoms with Gasteiger partial charge in [0.2, 0.25) is 0 Å². The van der Waals surface area contributed by atoms with Gasteiger partial charge >= 0.3 is 0 Å². The number of hydrogen-bond donors (Lipinski definition) is 1. The van der Waals surface area contributed by atoms with E-state index in [0.717, 1.165) is 5.69 Å². The van der Waals surface area contributed by atoms with Crippen molar-refractivity contribution in [2.45, 2.75) is 6.61 Å². The van der Waals surface area contributed by atoms with E-state index in [0.29, 0.717) is 23.6 Å². The number of rotatable bonds is 3. The summed E-state index contributed by atoms with van der Waals surface area (Å²) in [5.41, 5.74) is 7.38. The predicted molar refractivity (Wildman–Crippen MR) is 64.1 cm³/mol. The standard InChI is InChI=1S/C13H11N3O/c14-8-10-7-11(15)4-5-13(10)17-9-12-3-1-2-6-16-12/h1-7H,9,15H2. The second-order valence-corrected chi connectivity index (χ2v) is 3.48. The summed E-state index contributed by atoms with van der Waals surface area (Å²) in [6.07, 6.45) is 1.70. The maximum Gasteiger partial charge on any atom is 0.137 e. The van der Waals surface area contributed by atoms with Crippen molar-refractivity contribution in [3.63, 3.8) is 0 Å². The molecule has 2 N–H and O–H groups in total. The molecule has 0 aliphatic heterocycles. The zero-order chi connectivity index (χ0) is 12.1. The van der Waals surface area contributed by atoms with E-state index in [1.165, 1.54) is 0 Å². The molecule has 1 heterocycles. The minimum absolute atomic E-state index is 0.333. The summed E-state index contributed by atoms with van der Waals surface area (Å²) in [6.45, 7) is 0.333. The molecule has 0 radical (unpaired) electrons. The number of nitrogen functional groups attached to an aromatic ring is 1. The third kappa shape index (κ3) is 2.73. The molecule has 4 heteroatoms. The number of benzene rings is 1. The fourth-order valence-corrected chi connectivity index (χ4v) is 1.40. The van der Waals surface area contributed by atoms with Crippen LogP contribution in [0.4, 0.5) is 5.69 Å². The van der Waals surface area contributed by atoms with Crippen LogP contribution in [0.2, 0.25) is 0 Å². The second-order valence-electron chi connectivity index (χ2n) is 3.48. The maximum atomic E-state index is 8.94. The highest BCUT2D eigenvalue weighted by Gasteiger charge is 2.04. The molecule has 0 bridgehead atoms. The lowest BCUT2D eigenvalue weighted by atomic mass is 10.2. The third-order valence-electron chi connectivity index (χ3n) is 2.23. The Morgan fingerprint density at radius 2 is 2.18 bits per heavy atom. The van der Waals surface area contributed by atoms with Crippen molar-refractivity contribution < 1.29 is 4.74 Å². The van der Waals surface area contributed by atoms with Crippen LogP contribution in [0.25, 0.3) is 0 Å². The summed E-state index contributed by atoms with van der Waals surface area (Å²) in [6, 6.07) is 12.6. The van der Waals surface area contributed by atoms with E-state index >= 15 is 0 Å². The number of anilines is 1. The van der Waals surface area contributed by atoms with Gasteiger partial charge in [0.05, 0.1) is 11.3 Å². The summed E-state index contributed by atoms with van der Waals surface area (Å²) in [5, 5.41) is 8.94. The molecule has 0 saturated carbocycles. The number of pyridine rings is 1. The van der Waals surface area contributed by atoms with Gasteiger partial charge in [0.1, 0.15) is 18.4 Å². The van der Waals surface area contributed by atoms with E-state index in [-0.39, 0.29) is 0 Å². The Kier molecular flexibility index (Phi) is 3.22. The molecule has 2 aromatic rings. The minimum atomic E-state index is 0.333. The van der Waals surface area contributed by atoms with Crippen molar-refractivity contribution in [2.75, 3.05) is 5.73 Å². The van der Waals surface area contributed by atoms with Crippen LogP contribution in [0.3, 0.4) is 0 Å². The summed E-state index contributed by atoms with van der Waals surface area (Å²) in [5.74, 6) is 0.521. The summed E-state index contributed by atoms with van der Waals surface area (Å²) < 4.78 is 5.53. The van der Waals surface area contributed by atoms with Crippen molar-refractivity contribution in [2.24, 2.45) is 0 Å². The van der Waals surface area contributed by atoms with Crippen molar-refractivity contribution in [3.05, 3.63) is 53.9 Å². The first-order valence-corrected chi connectivity index (χ1v) is 5.12. The molecule has 0 spiro atoms. The molecule has 0 fully saturated rings. The fourth-order valence-electron chi connectivity index (χ4n) is 1.40. The third-order valence-corrected chi connectivity index (χ3v) is 2.23. The van der Waals surface area contributed by atoms with Crippen LogP contribution in [0, 0.1) is 11.3 Å². The number of nitriles is 1. The molecule has 1 aromatic heterocycles. The van der Waals surface area contributed by atoms with E-state index in [1.807, 2.05) is 24.3 Å². The molecule has 17 heavy (non-hydrogen) atoms. The van der Waals surface area contributed by atoms with Gasteiger partial charge in [-0.2, -0.15) is 5.26 Å². The first-order chi connectivity index (χ1) is 8.29. The largest absolute Gasteiger partial charge is 0.486 e. The molecule has 84 valence electrons. The molecule has 0 saturated heterocycles. The number of hydrogen-bond acceptors (Lipinski definition) is 4. The molecular weight excluding hydrogens is 214 g/mol. The Balaban J connectivity index is 2.12. The number of ether oxygens (including phenoxy) is 1. The lowest BCUT2D eigenvalue weighted by molar-refractivity contribution is 0.300. The highest BCUT2D eigenvalue weighted by atomic mass is 16.5. The Morgan fingerprint density at radius 1 is 1.29 bits per heavy atom. The quantitative estimate of drug-likeness (QED) is 0.812. The highest BCUT2D eigenvalue weighted by Crippen LogP contribution is 2.21. The van der Waals surface area contributed by atoms with Crippen LogP contribution in [0.1, 0.15) is 11.3 Å². The number of nitrogens with zero attached hydrogens (tertiary/aromatic N) is 2. The van der Waals surface area contributed by atoms with E-state index in [9.17, 15) is 0 Å². The maximum absolute atomic E-state index is 8.94. The van der Waals surface area contributed by atoms with Gasteiger partial charge in [0.15, 0.2) is 0 Å².